The van der Waals surface area contributed by atoms with Crippen LogP contribution in [0.4, 0.5) is 26.5 Å². The standard InChI is InChI=1S/C15H17FN4O2.CH3Br/c1-2-22-15(21)19-12-7-8-13(20-14(12)17)18-9-10-3-5-11(16)6-4-10;1-2/h3-8H,2,9H2,1H3,(H,19,21)(H3,17,18,20);1H3. The second kappa shape index (κ2) is 10.4. The fraction of sp³-hybridized carbons (Fsp3) is 0.250. The van der Waals surface area contributed by atoms with Gasteiger partial charge in [0.1, 0.15) is 17.5 Å². The summed E-state index contributed by atoms with van der Waals surface area (Å²) in [5.74, 6) is 2.27. The van der Waals surface area contributed by atoms with Crippen molar-refractivity contribution in [3.8, 4) is 0 Å². The number of amides is 1. The molecule has 6 nitrogen and oxygen atoms in total. The molecule has 0 bridgehead atoms. The molecule has 0 saturated carbocycles. The van der Waals surface area contributed by atoms with E-state index in [9.17, 15) is 9.18 Å². The van der Waals surface area contributed by atoms with Crippen LogP contribution in [0.3, 0.4) is 0 Å². The summed E-state index contributed by atoms with van der Waals surface area (Å²) in [6.07, 6.45) is -0.581. The number of hydrogen-bond donors (Lipinski definition) is 3. The number of nitrogens with one attached hydrogen (secondary N) is 2. The zero-order chi connectivity index (χ0) is 17.9. The van der Waals surface area contributed by atoms with E-state index in [0.29, 0.717) is 18.1 Å². The fourth-order valence-corrected chi connectivity index (χ4v) is 1.75. The molecular weight excluding hydrogens is 379 g/mol. The number of aromatic nitrogens is 1. The zero-order valence-corrected chi connectivity index (χ0v) is 15.1. The highest BCUT2D eigenvalue weighted by Crippen LogP contribution is 2.19. The van der Waals surface area contributed by atoms with Gasteiger partial charge in [-0.05, 0) is 42.6 Å². The number of hydrogen-bond acceptors (Lipinski definition) is 5. The van der Waals surface area contributed by atoms with Crippen molar-refractivity contribution in [2.45, 2.75) is 13.5 Å². The molecule has 0 fully saturated rings. The summed E-state index contributed by atoms with van der Waals surface area (Å²) in [7, 11) is 0. The van der Waals surface area contributed by atoms with E-state index in [2.05, 4.69) is 31.5 Å². The molecule has 0 aliphatic heterocycles. The van der Waals surface area contributed by atoms with Crippen molar-refractivity contribution in [2.24, 2.45) is 0 Å². The summed E-state index contributed by atoms with van der Waals surface area (Å²) < 4.78 is 17.6. The molecule has 1 aromatic carbocycles. The Morgan fingerprint density at radius 3 is 2.50 bits per heavy atom. The molecule has 1 aromatic heterocycles. The van der Waals surface area contributed by atoms with Crippen LogP contribution in [0, 0.1) is 5.82 Å². The summed E-state index contributed by atoms with van der Waals surface area (Å²) in [4.78, 5) is 15.5. The Morgan fingerprint density at radius 1 is 1.25 bits per heavy atom. The number of carbonyl (C=O) groups is 1. The maximum absolute atomic E-state index is 12.8. The Kier molecular flexibility index (Phi) is 8.56. The number of ether oxygens (including phenoxy) is 1. The van der Waals surface area contributed by atoms with Gasteiger partial charge in [0.15, 0.2) is 0 Å². The third-order valence-corrected chi connectivity index (χ3v) is 2.82. The van der Waals surface area contributed by atoms with Crippen molar-refractivity contribution in [1.29, 1.82) is 0 Å². The third kappa shape index (κ3) is 6.41. The maximum Gasteiger partial charge on any atom is 0.411 e. The topological polar surface area (TPSA) is 89.3 Å². The molecule has 24 heavy (non-hydrogen) atoms. The molecule has 0 atom stereocenters. The summed E-state index contributed by atoms with van der Waals surface area (Å²) in [5.41, 5.74) is 7.08. The van der Waals surface area contributed by atoms with Crippen LogP contribution in [-0.2, 0) is 11.3 Å². The van der Waals surface area contributed by atoms with Gasteiger partial charge in [-0.25, -0.2) is 14.2 Å². The average Bonchev–Trinajstić information content (AvgIpc) is 2.59. The largest absolute Gasteiger partial charge is 0.450 e. The lowest BCUT2D eigenvalue weighted by Gasteiger charge is -2.10. The quantitative estimate of drug-likeness (QED) is 0.662. The van der Waals surface area contributed by atoms with Crippen LogP contribution >= 0.6 is 15.9 Å². The Morgan fingerprint density at radius 2 is 1.92 bits per heavy atom. The van der Waals surface area contributed by atoms with E-state index in [4.69, 9.17) is 10.5 Å². The lowest BCUT2D eigenvalue weighted by atomic mass is 10.2. The maximum atomic E-state index is 12.8. The second-order valence-corrected chi connectivity index (χ2v) is 4.45. The SMILES string of the molecule is CBr.CCOC(=O)Nc1ccc(NCc2ccc(F)cc2)nc1N. The molecule has 0 aliphatic carbocycles. The number of benzene rings is 1. The van der Waals surface area contributed by atoms with Gasteiger partial charge in [-0.15, -0.1) is 0 Å². The summed E-state index contributed by atoms with van der Waals surface area (Å²) in [6.45, 7) is 2.47. The molecule has 1 amide bonds. The number of carbonyl (C=O) groups excluding carboxylic acids is 1. The first-order valence-electron chi connectivity index (χ1n) is 7.15. The number of alkyl halides is 1. The van der Waals surface area contributed by atoms with Crippen LogP contribution < -0.4 is 16.4 Å². The van der Waals surface area contributed by atoms with Crippen LogP contribution in [-0.4, -0.2) is 23.5 Å². The molecule has 2 rings (SSSR count). The highest BCUT2D eigenvalue weighted by atomic mass is 79.9. The van der Waals surface area contributed by atoms with Gasteiger partial charge in [0.2, 0.25) is 0 Å². The molecular formula is C16H20BrFN4O2. The first kappa shape index (κ1) is 19.7. The molecule has 2 aromatic rings. The van der Waals surface area contributed by atoms with E-state index < -0.39 is 6.09 Å². The molecule has 4 N–H and O–H groups in total. The van der Waals surface area contributed by atoms with Crippen LogP contribution in [0.1, 0.15) is 12.5 Å². The minimum atomic E-state index is -0.581. The van der Waals surface area contributed by atoms with E-state index >= 15 is 0 Å². The van der Waals surface area contributed by atoms with Crippen molar-refractivity contribution >= 4 is 39.3 Å². The second-order valence-electron chi connectivity index (χ2n) is 4.45. The van der Waals surface area contributed by atoms with Gasteiger partial charge in [0.25, 0.3) is 0 Å². The first-order chi connectivity index (χ1) is 11.6. The van der Waals surface area contributed by atoms with Gasteiger partial charge in [0.05, 0.1) is 12.3 Å². The fourth-order valence-electron chi connectivity index (χ4n) is 1.75. The number of nitrogens with zero attached hydrogens (tertiary/aromatic N) is 1. The van der Waals surface area contributed by atoms with Crippen LogP contribution in [0.2, 0.25) is 0 Å². The van der Waals surface area contributed by atoms with Gasteiger partial charge < -0.3 is 15.8 Å². The van der Waals surface area contributed by atoms with Crippen molar-refractivity contribution in [3.63, 3.8) is 0 Å². The van der Waals surface area contributed by atoms with E-state index in [1.165, 1.54) is 12.1 Å². The lowest BCUT2D eigenvalue weighted by molar-refractivity contribution is 0.168. The monoisotopic (exact) mass is 398 g/mol. The number of nitrogens with two attached hydrogens (primary N) is 1. The predicted molar refractivity (Wildman–Crippen MR) is 97.9 cm³/mol. The normalized spacial score (nSPS) is 9.50. The number of halogens is 2. The number of rotatable bonds is 5. The van der Waals surface area contributed by atoms with E-state index in [-0.39, 0.29) is 18.2 Å². The molecule has 0 spiro atoms. The average molecular weight is 399 g/mol. The minimum absolute atomic E-state index is 0.178. The molecule has 1 heterocycles. The van der Waals surface area contributed by atoms with Crippen LogP contribution in [0.5, 0.6) is 0 Å². The summed E-state index contributed by atoms with van der Waals surface area (Å²) >= 11 is 2.94. The zero-order valence-electron chi connectivity index (χ0n) is 13.5. The molecule has 0 unspecified atom stereocenters. The summed E-state index contributed by atoms with van der Waals surface area (Å²) in [6, 6.07) is 9.47. The summed E-state index contributed by atoms with van der Waals surface area (Å²) in [5, 5.41) is 5.57. The number of nitrogen functional groups attached to an aromatic ring is 1. The van der Waals surface area contributed by atoms with Crippen molar-refractivity contribution in [2.75, 3.05) is 28.8 Å². The third-order valence-electron chi connectivity index (χ3n) is 2.82. The van der Waals surface area contributed by atoms with E-state index in [0.717, 1.165) is 5.56 Å². The minimum Gasteiger partial charge on any atom is -0.450 e. The Balaban J connectivity index is 0.00000139. The van der Waals surface area contributed by atoms with E-state index in [1.54, 1.807) is 31.2 Å². The Labute approximate surface area is 148 Å². The van der Waals surface area contributed by atoms with E-state index in [1.807, 2.05) is 5.83 Å². The first-order valence-corrected chi connectivity index (χ1v) is 8.73. The molecule has 130 valence electrons. The highest BCUT2D eigenvalue weighted by Gasteiger charge is 2.07. The Bertz CT molecular complexity index is 653. The van der Waals surface area contributed by atoms with Gasteiger partial charge >= 0.3 is 6.09 Å². The molecule has 0 aliphatic rings. The van der Waals surface area contributed by atoms with Gasteiger partial charge in [-0.1, -0.05) is 28.1 Å². The molecule has 0 saturated heterocycles. The lowest BCUT2D eigenvalue weighted by Crippen LogP contribution is -2.15. The molecule has 8 heteroatoms. The smallest absolute Gasteiger partial charge is 0.411 e. The van der Waals surface area contributed by atoms with Gasteiger partial charge in [-0.3, -0.25) is 5.32 Å². The van der Waals surface area contributed by atoms with Crippen molar-refractivity contribution in [3.05, 3.63) is 47.8 Å². The number of anilines is 3. The predicted octanol–water partition coefficient (Wildman–Crippen LogP) is 3.99. The highest BCUT2D eigenvalue weighted by molar-refractivity contribution is 9.08. The van der Waals surface area contributed by atoms with Gasteiger partial charge in [-0.2, -0.15) is 0 Å². The van der Waals surface area contributed by atoms with Crippen molar-refractivity contribution in [1.82, 2.24) is 4.98 Å². The van der Waals surface area contributed by atoms with Gasteiger partial charge in [0, 0.05) is 6.54 Å². The molecule has 0 radical (unpaired) electrons. The van der Waals surface area contributed by atoms with Crippen LogP contribution in [0.15, 0.2) is 36.4 Å². The van der Waals surface area contributed by atoms with Crippen molar-refractivity contribution < 1.29 is 13.9 Å². The Hall–Kier alpha value is -2.35. The van der Waals surface area contributed by atoms with Crippen LogP contribution in [0.25, 0.3) is 0 Å². The number of pyridine rings is 1.